The van der Waals surface area contributed by atoms with Gasteiger partial charge in [0.2, 0.25) is 0 Å². The fraction of sp³-hybridized carbons (Fsp3) is 0.467. The van der Waals surface area contributed by atoms with Crippen molar-refractivity contribution >= 4 is 33.0 Å². The molecule has 3 rings (SSSR count). The van der Waals surface area contributed by atoms with Crippen LogP contribution in [0.4, 0.5) is 0 Å². The lowest BCUT2D eigenvalue weighted by Gasteiger charge is -2.42. The van der Waals surface area contributed by atoms with Crippen LogP contribution >= 0.6 is 22.9 Å². The lowest BCUT2D eigenvalue weighted by atomic mass is 9.75. The monoisotopic (exact) mass is 279 g/mol. The Bertz CT molecular complexity index is 551. The van der Waals surface area contributed by atoms with Gasteiger partial charge in [0.05, 0.1) is 5.02 Å². The minimum Gasteiger partial charge on any atom is -0.306 e. The number of benzene rings is 1. The molecule has 3 heteroatoms. The van der Waals surface area contributed by atoms with Crippen LogP contribution in [0.5, 0.6) is 0 Å². The predicted octanol–water partition coefficient (Wildman–Crippen LogP) is 4.98. The quantitative estimate of drug-likeness (QED) is 0.832. The summed E-state index contributed by atoms with van der Waals surface area (Å²) >= 11 is 8.28. The molecule has 0 amide bonds. The molecule has 1 fully saturated rings. The molecule has 0 unspecified atom stereocenters. The minimum atomic E-state index is 0.388. The Hall–Kier alpha value is -0.570. The van der Waals surface area contributed by atoms with Crippen LogP contribution in [0.2, 0.25) is 5.02 Å². The van der Waals surface area contributed by atoms with E-state index in [-0.39, 0.29) is 0 Å². The molecule has 1 nitrogen and oxygen atoms in total. The Kier molecular flexibility index (Phi) is 3.35. The Labute approximate surface area is 117 Å². The second-order valence-electron chi connectivity index (χ2n) is 5.18. The Morgan fingerprint density at radius 3 is 2.72 bits per heavy atom. The standard InChI is InChI=1S/C15H18ClNS/c1-2-15(8-5-9-15)17-10-13-14(16)11-6-3-4-7-12(11)18-13/h3-4,6-7,17H,2,5,8-10H2,1H3. The zero-order valence-corrected chi connectivity index (χ0v) is 12.2. The number of rotatable bonds is 4. The SMILES string of the molecule is CCC1(NCc2sc3ccccc3c2Cl)CCC1. The molecule has 1 aliphatic carbocycles. The van der Waals surface area contributed by atoms with E-state index < -0.39 is 0 Å². The van der Waals surface area contributed by atoms with Crippen LogP contribution in [0.15, 0.2) is 24.3 Å². The number of halogens is 1. The highest BCUT2D eigenvalue weighted by atomic mass is 35.5. The van der Waals surface area contributed by atoms with Crippen LogP contribution in [-0.4, -0.2) is 5.54 Å². The molecule has 0 bridgehead atoms. The second-order valence-corrected chi connectivity index (χ2v) is 6.69. The molecule has 1 aromatic heterocycles. The maximum atomic E-state index is 6.46. The summed E-state index contributed by atoms with van der Waals surface area (Å²) < 4.78 is 1.29. The van der Waals surface area contributed by atoms with Gasteiger partial charge in [0.1, 0.15) is 0 Å². The third-order valence-corrected chi connectivity index (χ3v) is 5.93. The minimum absolute atomic E-state index is 0.388. The molecule has 96 valence electrons. The van der Waals surface area contributed by atoms with Gasteiger partial charge < -0.3 is 5.32 Å². The van der Waals surface area contributed by atoms with E-state index in [1.165, 1.54) is 40.6 Å². The van der Waals surface area contributed by atoms with E-state index in [4.69, 9.17) is 11.6 Å². The van der Waals surface area contributed by atoms with Crippen LogP contribution in [-0.2, 0) is 6.54 Å². The molecular weight excluding hydrogens is 262 g/mol. The number of thiophene rings is 1. The fourth-order valence-corrected chi connectivity index (χ4v) is 4.14. The lowest BCUT2D eigenvalue weighted by molar-refractivity contribution is 0.176. The molecule has 18 heavy (non-hydrogen) atoms. The molecule has 1 N–H and O–H groups in total. The summed E-state index contributed by atoms with van der Waals surface area (Å²) in [4.78, 5) is 1.28. The molecule has 0 saturated heterocycles. The van der Waals surface area contributed by atoms with Gasteiger partial charge in [0, 0.05) is 27.0 Å². The van der Waals surface area contributed by atoms with E-state index in [9.17, 15) is 0 Å². The van der Waals surface area contributed by atoms with Crippen molar-refractivity contribution in [3.8, 4) is 0 Å². The van der Waals surface area contributed by atoms with Crippen LogP contribution in [0.25, 0.3) is 10.1 Å². The van der Waals surface area contributed by atoms with Gasteiger partial charge in [-0.15, -0.1) is 11.3 Å². The van der Waals surface area contributed by atoms with Gasteiger partial charge in [-0.2, -0.15) is 0 Å². The van der Waals surface area contributed by atoms with Gasteiger partial charge in [0.25, 0.3) is 0 Å². The van der Waals surface area contributed by atoms with Crippen molar-refractivity contribution in [2.45, 2.75) is 44.7 Å². The number of hydrogen-bond donors (Lipinski definition) is 1. The summed E-state index contributed by atoms with van der Waals surface area (Å²) in [5.74, 6) is 0. The highest BCUT2D eigenvalue weighted by Crippen LogP contribution is 2.38. The first-order valence-corrected chi connectivity index (χ1v) is 7.84. The molecular formula is C15H18ClNS. The number of hydrogen-bond acceptors (Lipinski definition) is 2. The van der Waals surface area contributed by atoms with Gasteiger partial charge in [-0.1, -0.05) is 36.7 Å². The first-order valence-electron chi connectivity index (χ1n) is 6.65. The normalized spacial score (nSPS) is 17.9. The maximum Gasteiger partial charge on any atom is 0.0636 e. The average Bonchev–Trinajstić information content (AvgIpc) is 2.67. The smallest absolute Gasteiger partial charge is 0.0636 e. The Morgan fingerprint density at radius 2 is 2.11 bits per heavy atom. The van der Waals surface area contributed by atoms with Crippen molar-refractivity contribution in [1.29, 1.82) is 0 Å². The summed E-state index contributed by atoms with van der Waals surface area (Å²) in [6.07, 6.45) is 5.20. The van der Waals surface area contributed by atoms with Gasteiger partial charge in [-0.3, -0.25) is 0 Å². The van der Waals surface area contributed by atoms with Gasteiger partial charge in [0.15, 0.2) is 0 Å². The lowest BCUT2D eigenvalue weighted by Crippen LogP contribution is -2.49. The largest absolute Gasteiger partial charge is 0.306 e. The zero-order valence-electron chi connectivity index (χ0n) is 10.6. The van der Waals surface area contributed by atoms with Crippen molar-refractivity contribution in [2.24, 2.45) is 0 Å². The highest BCUT2D eigenvalue weighted by Gasteiger charge is 2.34. The molecule has 1 saturated carbocycles. The van der Waals surface area contributed by atoms with E-state index in [1.807, 2.05) is 11.3 Å². The van der Waals surface area contributed by atoms with E-state index in [1.54, 1.807) is 0 Å². The third kappa shape index (κ3) is 2.07. The molecule has 0 atom stereocenters. The molecule has 1 aliphatic rings. The van der Waals surface area contributed by atoms with E-state index in [0.29, 0.717) is 5.54 Å². The van der Waals surface area contributed by atoms with Crippen LogP contribution in [0, 0.1) is 0 Å². The summed E-state index contributed by atoms with van der Waals surface area (Å²) in [7, 11) is 0. The van der Waals surface area contributed by atoms with Crippen molar-refractivity contribution in [2.75, 3.05) is 0 Å². The zero-order chi connectivity index (χ0) is 12.6. The third-order valence-electron chi connectivity index (χ3n) is 4.21. The first-order chi connectivity index (χ1) is 8.74. The predicted molar refractivity (Wildman–Crippen MR) is 80.5 cm³/mol. The topological polar surface area (TPSA) is 12.0 Å². The summed E-state index contributed by atoms with van der Waals surface area (Å²) in [5, 5.41) is 5.86. The van der Waals surface area contributed by atoms with Gasteiger partial charge in [-0.25, -0.2) is 0 Å². The molecule has 0 radical (unpaired) electrons. The van der Waals surface area contributed by atoms with Gasteiger partial charge >= 0.3 is 0 Å². The molecule has 0 spiro atoms. The highest BCUT2D eigenvalue weighted by molar-refractivity contribution is 7.19. The van der Waals surface area contributed by atoms with E-state index >= 15 is 0 Å². The van der Waals surface area contributed by atoms with E-state index in [2.05, 4.69) is 36.5 Å². The first kappa shape index (κ1) is 12.5. The summed E-state index contributed by atoms with van der Waals surface area (Å²) in [6, 6.07) is 8.38. The van der Waals surface area contributed by atoms with Crippen molar-refractivity contribution < 1.29 is 0 Å². The molecule has 0 aliphatic heterocycles. The molecule has 2 aromatic rings. The maximum absolute atomic E-state index is 6.46. The summed E-state index contributed by atoms with van der Waals surface area (Å²) in [6.45, 7) is 3.19. The van der Waals surface area contributed by atoms with Crippen LogP contribution < -0.4 is 5.32 Å². The molecule has 1 aromatic carbocycles. The van der Waals surface area contributed by atoms with Crippen molar-refractivity contribution in [3.05, 3.63) is 34.2 Å². The van der Waals surface area contributed by atoms with Crippen molar-refractivity contribution in [1.82, 2.24) is 5.32 Å². The molecule has 1 heterocycles. The van der Waals surface area contributed by atoms with Crippen LogP contribution in [0.3, 0.4) is 0 Å². The second kappa shape index (κ2) is 4.84. The van der Waals surface area contributed by atoms with Crippen LogP contribution in [0.1, 0.15) is 37.5 Å². The Morgan fingerprint density at radius 1 is 1.33 bits per heavy atom. The summed E-state index contributed by atoms with van der Waals surface area (Å²) in [5.41, 5.74) is 0.388. The average molecular weight is 280 g/mol. The Balaban J connectivity index is 1.80. The van der Waals surface area contributed by atoms with Gasteiger partial charge in [-0.05, 0) is 31.7 Å². The number of nitrogens with one attached hydrogen (secondary N) is 1. The fourth-order valence-electron chi connectivity index (χ4n) is 2.71. The van der Waals surface area contributed by atoms with E-state index in [0.717, 1.165) is 11.6 Å². The van der Waals surface area contributed by atoms with Crippen molar-refractivity contribution in [3.63, 3.8) is 0 Å². The number of fused-ring (bicyclic) bond motifs is 1.